The topological polar surface area (TPSA) is 70.2 Å². The summed E-state index contributed by atoms with van der Waals surface area (Å²) < 4.78 is 46.8. The molecule has 2 saturated heterocycles. The average Bonchev–Trinajstić information content (AvgIpc) is 3.13. The molecule has 2 fully saturated rings. The number of methoxy groups -OCH3 is 1. The van der Waals surface area contributed by atoms with Crippen LogP contribution in [0.4, 0.5) is 10.1 Å². The van der Waals surface area contributed by atoms with Gasteiger partial charge in [0.05, 0.1) is 17.6 Å². The van der Waals surface area contributed by atoms with Gasteiger partial charge in [-0.15, -0.1) is 0 Å². The molecule has 33 heavy (non-hydrogen) atoms. The van der Waals surface area contributed by atoms with Crippen LogP contribution in [-0.4, -0.2) is 69.9 Å². The Morgan fingerprint density at radius 2 is 1.52 bits per heavy atom. The van der Waals surface area contributed by atoms with Gasteiger partial charge in [0.15, 0.2) is 0 Å². The van der Waals surface area contributed by atoms with E-state index in [9.17, 15) is 17.6 Å². The van der Waals surface area contributed by atoms with Crippen LogP contribution in [0.25, 0.3) is 0 Å². The number of carbonyl (C=O) groups is 1. The number of nitrogens with zero attached hydrogens (tertiary/aromatic N) is 3. The second kappa shape index (κ2) is 10.1. The monoisotopic (exact) mass is 475 g/mol. The number of ether oxygens (including phenoxy) is 1. The Morgan fingerprint density at radius 1 is 0.879 bits per heavy atom. The maximum Gasteiger partial charge on any atom is 0.257 e. The minimum absolute atomic E-state index is 0.0942. The first-order valence-electron chi connectivity index (χ1n) is 11.4. The van der Waals surface area contributed by atoms with E-state index < -0.39 is 10.0 Å². The van der Waals surface area contributed by atoms with Crippen LogP contribution in [0.15, 0.2) is 47.4 Å². The molecule has 2 aliphatic rings. The zero-order chi connectivity index (χ0) is 23.4. The van der Waals surface area contributed by atoms with E-state index in [1.807, 2.05) is 4.90 Å². The van der Waals surface area contributed by atoms with Crippen LogP contribution in [0.2, 0.25) is 0 Å². The number of anilines is 1. The van der Waals surface area contributed by atoms with E-state index in [2.05, 4.69) is 0 Å². The van der Waals surface area contributed by atoms with Gasteiger partial charge in [0.25, 0.3) is 5.91 Å². The molecule has 2 aromatic rings. The molecule has 0 unspecified atom stereocenters. The first-order valence-corrected chi connectivity index (χ1v) is 12.8. The van der Waals surface area contributed by atoms with Crippen molar-refractivity contribution >= 4 is 21.6 Å². The highest BCUT2D eigenvalue weighted by atomic mass is 32.2. The van der Waals surface area contributed by atoms with Gasteiger partial charge in [-0.05, 0) is 55.3 Å². The van der Waals surface area contributed by atoms with Crippen LogP contribution in [-0.2, 0) is 10.0 Å². The molecule has 0 radical (unpaired) electrons. The minimum Gasteiger partial charge on any atom is -0.496 e. The summed E-state index contributed by atoms with van der Waals surface area (Å²) in [6, 6.07) is 10.7. The Bertz CT molecular complexity index is 1080. The standard InChI is InChI=1S/C24H30FN3O4S/c1-32-23-11-10-21(18-22(23)24(29)27-12-4-2-3-5-13-27)33(30,31)28-16-14-26(15-17-28)20-8-6-19(25)7-9-20/h6-11,18H,2-5,12-17H2,1H3. The second-order valence-electron chi connectivity index (χ2n) is 8.44. The fraction of sp³-hybridized carbons (Fsp3) is 0.458. The summed E-state index contributed by atoms with van der Waals surface area (Å²) in [6.45, 7) is 2.96. The van der Waals surface area contributed by atoms with Gasteiger partial charge in [0, 0.05) is 45.0 Å². The molecule has 2 aliphatic heterocycles. The van der Waals surface area contributed by atoms with E-state index in [4.69, 9.17) is 4.74 Å². The summed E-state index contributed by atoms with van der Waals surface area (Å²) in [7, 11) is -2.29. The molecule has 178 valence electrons. The summed E-state index contributed by atoms with van der Waals surface area (Å²) in [6.07, 6.45) is 4.09. The predicted molar refractivity (Wildman–Crippen MR) is 125 cm³/mol. The molecule has 0 aliphatic carbocycles. The Balaban J connectivity index is 1.52. The van der Waals surface area contributed by atoms with Gasteiger partial charge in [-0.1, -0.05) is 12.8 Å². The summed E-state index contributed by atoms with van der Waals surface area (Å²) in [4.78, 5) is 17.1. The van der Waals surface area contributed by atoms with Gasteiger partial charge in [-0.2, -0.15) is 4.31 Å². The third kappa shape index (κ3) is 5.14. The van der Waals surface area contributed by atoms with Crippen molar-refractivity contribution in [2.45, 2.75) is 30.6 Å². The Kier molecular flexibility index (Phi) is 7.19. The first-order chi connectivity index (χ1) is 15.9. The van der Waals surface area contributed by atoms with Gasteiger partial charge in [0.2, 0.25) is 10.0 Å². The van der Waals surface area contributed by atoms with Crippen LogP contribution in [0.3, 0.4) is 0 Å². The molecule has 0 bridgehead atoms. The summed E-state index contributed by atoms with van der Waals surface area (Å²) >= 11 is 0. The van der Waals surface area contributed by atoms with E-state index in [-0.39, 0.29) is 22.2 Å². The number of amides is 1. The third-order valence-corrected chi connectivity index (χ3v) is 8.26. The lowest BCUT2D eigenvalue weighted by molar-refractivity contribution is 0.0758. The van der Waals surface area contributed by atoms with Crippen molar-refractivity contribution in [1.82, 2.24) is 9.21 Å². The number of hydrogen-bond acceptors (Lipinski definition) is 5. The van der Waals surface area contributed by atoms with Crippen LogP contribution in [0, 0.1) is 5.82 Å². The second-order valence-corrected chi connectivity index (χ2v) is 10.4. The Hall–Kier alpha value is -2.65. The van der Waals surface area contributed by atoms with Gasteiger partial charge >= 0.3 is 0 Å². The summed E-state index contributed by atoms with van der Waals surface area (Å²) in [5, 5.41) is 0. The third-order valence-electron chi connectivity index (χ3n) is 6.36. The van der Waals surface area contributed by atoms with Crippen molar-refractivity contribution in [2.75, 3.05) is 51.3 Å². The zero-order valence-electron chi connectivity index (χ0n) is 18.9. The fourth-order valence-electron chi connectivity index (χ4n) is 4.45. The van der Waals surface area contributed by atoms with E-state index >= 15 is 0 Å². The number of likely N-dealkylation sites (tertiary alicyclic amines) is 1. The molecule has 0 atom stereocenters. The first kappa shape index (κ1) is 23.5. The van der Waals surface area contributed by atoms with E-state index in [1.165, 1.54) is 35.7 Å². The van der Waals surface area contributed by atoms with E-state index in [0.29, 0.717) is 45.0 Å². The molecule has 7 nitrogen and oxygen atoms in total. The summed E-state index contributed by atoms with van der Waals surface area (Å²) in [5.74, 6) is -0.110. The van der Waals surface area contributed by atoms with Crippen LogP contribution < -0.4 is 9.64 Å². The van der Waals surface area contributed by atoms with E-state index in [0.717, 1.165) is 31.4 Å². The lowest BCUT2D eigenvalue weighted by atomic mass is 10.1. The highest BCUT2D eigenvalue weighted by molar-refractivity contribution is 7.89. The molecule has 0 spiro atoms. The SMILES string of the molecule is COc1ccc(S(=O)(=O)N2CCN(c3ccc(F)cc3)CC2)cc1C(=O)N1CCCCCC1. The molecule has 0 saturated carbocycles. The zero-order valence-corrected chi connectivity index (χ0v) is 19.7. The number of halogens is 1. The van der Waals surface area contributed by atoms with Crippen LogP contribution >= 0.6 is 0 Å². The van der Waals surface area contributed by atoms with Crippen molar-refractivity contribution in [3.63, 3.8) is 0 Å². The number of rotatable bonds is 5. The minimum atomic E-state index is -3.77. The molecule has 0 aromatic heterocycles. The van der Waals surface area contributed by atoms with Crippen molar-refractivity contribution in [3.05, 3.63) is 53.8 Å². The maximum atomic E-state index is 13.4. The smallest absolute Gasteiger partial charge is 0.257 e. The number of piperazine rings is 1. The number of sulfonamides is 1. The lowest BCUT2D eigenvalue weighted by Crippen LogP contribution is -2.48. The van der Waals surface area contributed by atoms with Crippen molar-refractivity contribution < 1.29 is 22.3 Å². The highest BCUT2D eigenvalue weighted by Gasteiger charge is 2.30. The summed E-state index contributed by atoms with van der Waals surface area (Å²) in [5.41, 5.74) is 1.15. The number of hydrogen-bond donors (Lipinski definition) is 0. The molecule has 1 amide bonds. The van der Waals surface area contributed by atoms with Gasteiger partial charge < -0.3 is 14.5 Å². The highest BCUT2D eigenvalue weighted by Crippen LogP contribution is 2.28. The largest absolute Gasteiger partial charge is 0.496 e. The molecule has 9 heteroatoms. The molecule has 4 rings (SSSR count). The van der Waals surface area contributed by atoms with Crippen molar-refractivity contribution in [1.29, 1.82) is 0 Å². The van der Waals surface area contributed by atoms with Crippen LogP contribution in [0.5, 0.6) is 5.75 Å². The van der Waals surface area contributed by atoms with Gasteiger partial charge in [-0.25, -0.2) is 12.8 Å². The predicted octanol–water partition coefficient (Wildman–Crippen LogP) is 3.36. The molecular formula is C24H30FN3O4S. The molecule has 2 heterocycles. The quantitative estimate of drug-likeness (QED) is 0.663. The average molecular weight is 476 g/mol. The van der Waals surface area contributed by atoms with E-state index in [1.54, 1.807) is 23.1 Å². The molecular weight excluding hydrogens is 445 g/mol. The van der Waals surface area contributed by atoms with Gasteiger partial charge in [-0.3, -0.25) is 4.79 Å². The van der Waals surface area contributed by atoms with Crippen molar-refractivity contribution in [2.24, 2.45) is 0 Å². The molecule has 0 N–H and O–H groups in total. The van der Waals surface area contributed by atoms with Crippen molar-refractivity contribution in [3.8, 4) is 5.75 Å². The number of benzene rings is 2. The Morgan fingerprint density at radius 3 is 2.12 bits per heavy atom. The normalized spacial score (nSPS) is 18.1. The maximum absolute atomic E-state index is 13.4. The fourth-order valence-corrected chi connectivity index (χ4v) is 5.90. The Labute approximate surface area is 194 Å². The van der Waals surface area contributed by atoms with Crippen LogP contribution in [0.1, 0.15) is 36.0 Å². The van der Waals surface area contributed by atoms with Gasteiger partial charge in [0.1, 0.15) is 11.6 Å². The lowest BCUT2D eigenvalue weighted by Gasteiger charge is -2.35. The molecule has 2 aromatic carbocycles. The number of carbonyl (C=O) groups excluding carboxylic acids is 1.